The van der Waals surface area contributed by atoms with Gasteiger partial charge in [-0.3, -0.25) is 15.6 Å². The molecule has 0 bridgehead atoms. The summed E-state index contributed by atoms with van der Waals surface area (Å²) in [6.07, 6.45) is 0. The lowest BCUT2D eigenvalue weighted by Crippen LogP contribution is -2.36. The van der Waals surface area contributed by atoms with E-state index in [1.807, 2.05) is 18.2 Å². The number of carbonyl (C=O) groups excluding carboxylic acids is 2. The predicted octanol–water partition coefficient (Wildman–Crippen LogP) is 1.30. The monoisotopic (exact) mass is 334 g/mol. The van der Waals surface area contributed by atoms with Crippen molar-refractivity contribution in [2.75, 3.05) is 12.0 Å². The normalized spacial score (nSPS) is 9.38. The van der Waals surface area contributed by atoms with E-state index in [4.69, 9.17) is 0 Å². The number of esters is 1. The smallest absolute Gasteiger partial charge is 0.398 e. The zero-order valence-corrected chi connectivity index (χ0v) is 10.8. The molecule has 5 nitrogen and oxygen atoms in total. The number of para-hydroxylation sites is 1. The first kappa shape index (κ1) is 12.8. The van der Waals surface area contributed by atoms with E-state index >= 15 is 0 Å². The van der Waals surface area contributed by atoms with Crippen molar-refractivity contribution >= 4 is 40.2 Å². The molecule has 0 heterocycles. The van der Waals surface area contributed by atoms with Crippen LogP contribution in [0.25, 0.3) is 0 Å². The summed E-state index contributed by atoms with van der Waals surface area (Å²) in [5.74, 6) is -1.72. The third kappa shape index (κ3) is 3.69. The van der Waals surface area contributed by atoms with Gasteiger partial charge in [-0.25, -0.2) is 4.79 Å². The van der Waals surface area contributed by atoms with Gasteiger partial charge in [0.2, 0.25) is 0 Å². The molecule has 0 atom stereocenters. The van der Waals surface area contributed by atoms with Crippen LogP contribution in [0.3, 0.4) is 0 Å². The molecule has 1 amide bonds. The largest absolute Gasteiger partial charge is 0.459 e. The van der Waals surface area contributed by atoms with Gasteiger partial charge in [-0.15, -0.1) is 0 Å². The summed E-state index contributed by atoms with van der Waals surface area (Å²) < 4.78 is 5.46. The molecule has 0 saturated carbocycles. The first-order valence-corrected chi connectivity index (χ1v) is 5.70. The van der Waals surface area contributed by atoms with Gasteiger partial charge >= 0.3 is 11.9 Å². The van der Waals surface area contributed by atoms with Gasteiger partial charge in [0, 0.05) is 3.57 Å². The molecule has 0 aliphatic heterocycles. The average molecular weight is 334 g/mol. The fourth-order valence-electron chi connectivity index (χ4n) is 0.934. The molecule has 0 saturated heterocycles. The molecular formula is C10H11IN2O3. The maximum atomic E-state index is 11.2. The van der Waals surface area contributed by atoms with Crippen molar-refractivity contribution in [1.82, 2.24) is 5.43 Å². The quantitative estimate of drug-likeness (QED) is 0.378. The van der Waals surface area contributed by atoms with Crippen molar-refractivity contribution in [3.63, 3.8) is 0 Å². The second-order valence-corrected chi connectivity index (χ2v) is 3.94. The van der Waals surface area contributed by atoms with E-state index in [1.54, 1.807) is 13.0 Å². The minimum atomic E-state index is -0.902. The number of nitrogens with one attached hydrogen (secondary N) is 2. The molecule has 2 N–H and O–H groups in total. The Bertz CT molecular complexity index is 395. The van der Waals surface area contributed by atoms with Crippen LogP contribution < -0.4 is 10.9 Å². The number of halogens is 1. The Morgan fingerprint density at radius 1 is 1.38 bits per heavy atom. The zero-order chi connectivity index (χ0) is 12.0. The van der Waals surface area contributed by atoms with Gasteiger partial charge in [0.25, 0.3) is 0 Å². The summed E-state index contributed by atoms with van der Waals surface area (Å²) in [6.45, 7) is 1.81. The topological polar surface area (TPSA) is 67.4 Å². The third-order valence-corrected chi connectivity index (χ3v) is 2.59. The van der Waals surface area contributed by atoms with E-state index < -0.39 is 11.9 Å². The zero-order valence-electron chi connectivity index (χ0n) is 8.62. The highest BCUT2D eigenvalue weighted by Gasteiger charge is 2.13. The Kier molecular flexibility index (Phi) is 5.03. The van der Waals surface area contributed by atoms with Gasteiger partial charge in [-0.1, -0.05) is 12.1 Å². The highest BCUT2D eigenvalue weighted by molar-refractivity contribution is 14.1. The highest BCUT2D eigenvalue weighted by Crippen LogP contribution is 2.15. The molecule has 1 rings (SSSR count). The van der Waals surface area contributed by atoms with Crippen molar-refractivity contribution in [3.05, 3.63) is 27.8 Å². The van der Waals surface area contributed by atoms with Crippen LogP contribution in [0.4, 0.5) is 5.69 Å². The molecule has 0 spiro atoms. The molecule has 1 aromatic carbocycles. The number of amides is 1. The number of ether oxygens (including phenoxy) is 1. The predicted molar refractivity (Wildman–Crippen MR) is 67.6 cm³/mol. The van der Waals surface area contributed by atoms with Crippen LogP contribution in [-0.4, -0.2) is 18.5 Å². The van der Waals surface area contributed by atoms with Crippen LogP contribution in [0.15, 0.2) is 24.3 Å². The van der Waals surface area contributed by atoms with Crippen LogP contribution in [0.1, 0.15) is 6.92 Å². The summed E-state index contributed by atoms with van der Waals surface area (Å²) >= 11 is 2.11. The number of carbonyl (C=O) groups is 2. The van der Waals surface area contributed by atoms with Gasteiger partial charge < -0.3 is 4.74 Å². The second-order valence-electron chi connectivity index (χ2n) is 2.78. The molecule has 0 aliphatic rings. The van der Waals surface area contributed by atoms with E-state index in [0.29, 0.717) is 0 Å². The van der Waals surface area contributed by atoms with E-state index in [1.165, 1.54) is 0 Å². The first-order valence-electron chi connectivity index (χ1n) is 4.62. The summed E-state index contributed by atoms with van der Waals surface area (Å²) in [6, 6.07) is 7.35. The Labute approximate surface area is 107 Å². The number of anilines is 1. The van der Waals surface area contributed by atoms with Crippen molar-refractivity contribution in [2.24, 2.45) is 0 Å². The Hall–Kier alpha value is -1.31. The van der Waals surface area contributed by atoms with Gasteiger partial charge in [0.05, 0.1) is 12.3 Å². The summed E-state index contributed by atoms with van der Waals surface area (Å²) in [4.78, 5) is 22.1. The lowest BCUT2D eigenvalue weighted by atomic mass is 10.3. The van der Waals surface area contributed by atoms with Crippen LogP contribution in [-0.2, 0) is 14.3 Å². The van der Waals surface area contributed by atoms with Crippen LogP contribution in [0.5, 0.6) is 0 Å². The Balaban J connectivity index is 2.49. The maximum Gasteiger partial charge on any atom is 0.398 e. The molecule has 0 aliphatic carbocycles. The van der Waals surface area contributed by atoms with E-state index in [9.17, 15) is 9.59 Å². The van der Waals surface area contributed by atoms with Gasteiger partial charge in [-0.2, -0.15) is 0 Å². The summed E-state index contributed by atoms with van der Waals surface area (Å²) in [5, 5.41) is 0. The van der Waals surface area contributed by atoms with Gasteiger partial charge in [-0.05, 0) is 41.6 Å². The number of hydrogen-bond acceptors (Lipinski definition) is 4. The fraction of sp³-hybridized carbons (Fsp3) is 0.200. The molecule has 1 aromatic rings. The minimum absolute atomic E-state index is 0.176. The molecule has 6 heteroatoms. The van der Waals surface area contributed by atoms with Crippen molar-refractivity contribution in [1.29, 1.82) is 0 Å². The van der Waals surface area contributed by atoms with E-state index in [-0.39, 0.29) is 6.61 Å². The summed E-state index contributed by atoms with van der Waals surface area (Å²) in [7, 11) is 0. The molecule has 0 unspecified atom stereocenters. The molecule has 16 heavy (non-hydrogen) atoms. The molecular weight excluding hydrogens is 323 g/mol. The van der Waals surface area contributed by atoms with Crippen LogP contribution >= 0.6 is 22.6 Å². The number of rotatable bonds is 3. The fourth-order valence-corrected chi connectivity index (χ4v) is 1.46. The molecule has 86 valence electrons. The minimum Gasteiger partial charge on any atom is -0.459 e. The average Bonchev–Trinajstić information content (AvgIpc) is 2.28. The third-order valence-electron chi connectivity index (χ3n) is 1.65. The van der Waals surface area contributed by atoms with Crippen molar-refractivity contribution in [2.45, 2.75) is 6.92 Å². The van der Waals surface area contributed by atoms with Crippen molar-refractivity contribution in [3.8, 4) is 0 Å². The first-order chi connectivity index (χ1) is 7.65. The second kappa shape index (κ2) is 6.31. The number of benzene rings is 1. The number of hydrazine groups is 1. The van der Waals surface area contributed by atoms with Crippen LogP contribution in [0, 0.1) is 3.57 Å². The Morgan fingerprint density at radius 3 is 2.69 bits per heavy atom. The lowest BCUT2D eigenvalue weighted by Gasteiger charge is -2.08. The SMILES string of the molecule is CCOC(=O)C(=O)NNc1ccccc1I. The standard InChI is InChI=1S/C10H11IN2O3/c1-2-16-10(15)9(14)13-12-8-6-4-3-5-7(8)11/h3-6,12H,2H2,1H3,(H,13,14). The van der Waals surface area contributed by atoms with E-state index in [0.717, 1.165) is 9.26 Å². The summed E-state index contributed by atoms with van der Waals surface area (Å²) in [5.41, 5.74) is 5.62. The molecule has 0 radical (unpaired) electrons. The highest BCUT2D eigenvalue weighted by atomic mass is 127. The van der Waals surface area contributed by atoms with Crippen molar-refractivity contribution < 1.29 is 14.3 Å². The Morgan fingerprint density at radius 2 is 2.06 bits per heavy atom. The van der Waals surface area contributed by atoms with Gasteiger partial charge in [0.15, 0.2) is 0 Å². The van der Waals surface area contributed by atoms with E-state index in [2.05, 4.69) is 38.2 Å². The molecule has 0 fully saturated rings. The van der Waals surface area contributed by atoms with Crippen LogP contribution in [0.2, 0.25) is 0 Å². The lowest BCUT2D eigenvalue weighted by molar-refractivity contribution is -0.154. The van der Waals surface area contributed by atoms with Gasteiger partial charge in [0.1, 0.15) is 0 Å². The maximum absolute atomic E-state index is 11.2. The number of hydrogen-bond donors (Lipinski definition) is 2. The molecule has 0 aromatic heterocycles.